The Morgan fingerprint density at radius 2 is 1.65 bits per heavy atom. The zero-order chi connectivity index (χ0) is 12.1. The van der Waals surface area contributed by atoms with Gasteiger partial charge in [0.15, 0.2) is 0 Å². The molecular formula is C15H17NO. The Bertz CT molecular complexity index is 477. The highest BCUT2D eigenvalue weighted by molar-refractivity contribution is 5.67. The van der Waals surface area contributed by atoms with Gasteiger partial charge >= 0.3 is 0 Å². The van der Waals surface area contributed by atoms with E-state index in [1.807, 2.05) is 18.2 Å². The minimum atomic E-state index is 0.299. The standard InChI is InChI=1S/C15H17NO/c16-11-3-5-12-4-1-2-6-15(12)13-7-9-14(17)10-8-13/h1-2,4,6-10,17H,3,5,11,16H2. The first-order chi connectivity index (χ1) is 8.31. The highest BCUT2D eigenvalue weighted by Gasteiger charge is 2.03. The summed E-state index contributed by atoms with van der Waals surface area (Å²) in [5.74, 6) is 0.299. The van der Waals surface area contributed by atoms with Crippen LogP contribution in [0.3, 0.4) is 0 Å². The monoisotopic (exact) mass is 227 g/mol. The quantitative estimate of drug-likeness (QED) is 0.843. The van der Waals surface area contributed by atoms with Crippen LogP contribution >= 0.6 is 0 Å². The topological polar surface area (TPSA) is 46.2 Å². The van der Waals surface area contributed by atoms with Crippen molar-refractivity contribution in [2.45, 2.75) is 12.8 Å². The van der Waals surface area contributed by atoms with Crippen molar-refractivity contribution in [3.05, 3.63) is 54.1 Å². The van der Waals surface area contributed by atoms with Crippen LogP contribution in [0.25, 0.3) is 11.1 Å². The van der Waals surface area contributed by atoms with E-state index in [1.54, 1.807) is 12.1 Å². The van der Waals surface area contributed by atoms with E-state index in [0.717, 1.165) is 18.4 Å². The average Bonchev–Trinajstić information content (AvgIpc) is 2.38. The highest BCUT2D eigenvalue weighted by Crippen LogP contribution is 2.26. The molecule has 0 saturated heterocycles. The fraction of sp³-hybridized carbons (Fsp3) is 0.200. The van der Waals surface area contributed by atoms with Gasteiger partial charge in [-0.2, -0.15) is 0 Å². The lowest BCUT2D eigenvalue weighted by atomic mass is 9.97. The van der Waals surface area contributed by atoms with Gasteiger partial charge in [-0.05, 0) is 48.2 Å². The fourth-order valence-electron chi connectivity index (χ4n) is 1.95. The maximum absolute atomic E-state index is 9.30. The van der Waals surface area contributed by atoms with Gasteiger partial charge in [-0.3, -0.25) is 0 Å². The molecule has 2 nitrogen and oxygen atoms in total. The highest BCUT2D eigenvalue weighted by atomic mass is 16.3. The van der Waals surface area contributed by atoms with E-state index in [0.29, 0.717) is 12.3 Å². The molecule has 0 aliphatic rings. The molecule has 88 valence electrons. The Labute approximate surface area is 102 Å². The Morgan fingerprint density at radius 1 is 0.941 bits per heavy atom. The Kier molecular flexibility index (Phi) is 3.78. The molecule has 17 heavy (non-hydrogen) atoms. The summed E-state index contributed by atoms with van der Waals surface area (Å²) >= 11 is 0. The van der Waals surface area contributed by atoms with E-state index in [1.165, 1.54) is 11.1 Å². The van der Waals surface area contributed by atoms with Crippen molar-refractivity contribution in [3.63, 3.8) is 0 Å². The number of hydrogen-bond acceptors (Lipinski definition) is 2. The molecule has 0 spiro atoms. The molecule has 0 bridgehead atoms. The largest absolute Gasteiger partial charge is 0.508 e. The number of benzene rings is 2. The van der Waals surface area contributed by atoms with Crippen LogP contribution < -0.4 is 5.73 Å². The van der Waals surface area contributed by atoms with Gasteiger partial charge in [0, 0.05) is 0 Å². The lowest BCUT2D eigenvalue weighted by Gasteiger charge is -2.09. The summed E-state index contributed by atoms with van der Waals surface area (Å²) < 4.78 is 0. The van der Waals surface area contributed by atoms with Crippen LogP contribution in [0.2, 0.25) is 0 Å². The summed E-state index contributed by atoms with van der Waals surface area (Å²) in [6.45, 7) is 0.712. The SMILES string of the molecule is NCCCc1ccccc1-c1ccc(O)cc1. The summed E-state index contributed by atoms with van der Waals surface area (Å²) in [6.07, 6.45) is 1.99. The van der Waals surface area contributed by atoms with Gasteiger partial charge < -0.3 is 10.8 Å². The van der Waals surface area contributed by atoms with Crippen molar-refractivity contribution < 1.29 is 5.11 Å². The number of nitrogens with two attached hydrogens (primary N) is 1. The number of aromatic hydroxyl groups is 1. The Balaban J connectivity index is 2.33. The molecule has 0 unspecified atom stereocenters. The first-order valence-corrected chi connectivity index (χ1v) is 5.88. The van der Waals surface area contributed by atoms with Crippen LogP contribution in [0.4, 0.5) is 0 Å². The molecule has 0 fully saturated rings. The first kappa shape index (κ1) is 11.7. The zero-order valence-electron chi connectivity index (χ0n) is 9.76. The van der Waals surface area contributed by atoms with Crippen LogP contribution in [0.5, 0.6) is 5.75 Å². The predicted molar refractivity (Wildman–Crippen MR) is 70.9 cm³/mol. The van der Waals surface area contributed by atoms with Gasteiger partial charge in [0.2, 0.25) is 0 Å². The summed E-state index contributed by atoms with van der Waals surface area (Å²) in [5, 5.41) is 9.30. The van der Waals surface area contributed by atoms with Crippen LogP contribution in [0.15, 0.2) is 48.5 Å². The third-order valence-corrected chi connectivity index (χ3v) is 2.85. The van der Waals surface area contributed by atoms with E-state index in [4.69, 9.17) is 5.73 Å². The summed E-state index contributed by atoms with van der Waals surface area (Å²) in [4.78, 5) is 0. The summed E-state index contributed by atoms with van der Waals surface area (Å²) in [6, 6.07) is 15.7. The molecule has 2 aromatic rings. The van der Waals surface area contributed by atoms with Gasteiger partial charge in [-0.15, -0.1) is 0 Å². The van der Waals surface area contributed by atoms with Crippen molar-refractivity contribution in [3.8, 4) is 16.9 Å². The first-order valence-electron chi connectivity index (χ1n) is 5.88. The molecule has 2 heteroatoms. The van der Waals surface area contributed by atoms with Gasteiger partial charge in [0.1, 0.15) is 5.75 Å². The van der Waals surface area contributed by atoms with Crippen molar-refractivity contribution in [1.82, 2.24) is 0 Å². The van der Waals surface area contributed by atoms with E-state index in [-0.39, 0.29) is 0 Å². The van der Waals surface area contributed by atoms with E-state index in [2.05, 4.69) is 18.2 Å². The van der Waals surface area contributed by atoms with Crippen molar-refractivity contribution in [1.29, 1.82) is 0 Å². The maximum Gasteiger partial charge on any atom is 0.115 e. The van der Waals surface area contributed by atoms with Crippen LogP contribution in [0, 0.1) is 0 Å². The van der Waals surface area contributed by atoms with Crippen molar-refractivity contribution in [2.75, 3.05) is 6.54 Å². The molecule has 2 rings (SSSR count). The van der Waals surface area contributed by atoms with Crippen LogP contribution in [-0.2, 0) is 6.42 Å². The normalized spacial score (nSPS) is 10.4. The van der Waals surface area contributed by atoms with E-state index < -0.39 is 0 Å². The molecule has 3 N–H and O–H groups in total. The number of phenolic OH excluding ortho intramolecular Hbond substituents is 1. The van der Waals surface area contributed by atoms with Crippen molar-refractivity contribution in [2.24, 2.45) is 5.73 Å². The Morgan fingerprint density at radius 3 is 2.35 bits per heavy atom. The molecule has 0 aliphatic heterocycles. The number of phenols is 1. The number of aryl methyl sites for hydroxylation is 1. The van der Waals surface area contributed by atoms with Gasteiger partial charge in [0.25, 0.3) is 0 Å². The molecule has 0 heterocycles. The van der Waals surface area contributed by atoms with Crippen molar-refractivity contribution >= 4 is 0 Å². The second-order valence-corrected chi connectivity index (χ2v) is 4.10. The lowest BCUT2D eigenvalue weighted by molar-refractivity contribution is 0.475. The maximum atomic E-state index is 9.30. The van der Waals surface area contributed by atoms with Crippen LogP contribution in [0.1, 0.15) is 12.0 Å². The number of hydrogen-bond donors (Lipinski definition) is 2. The zero-order valence-corrected chi connectivity index (χ0v) is 9.76. The summed E-state index contributed by atoms with van der Waals surface area (Å²) in [5.41, 5.74) is 9.22. The average molecular weight is 227 g/mol. The van der Waals surface area contributed by atoms with Gasteiger partial charge in [0.05, 0.1) is 0 Å². The predicted octanol–water partition coefficient (Wildman–Crippen LogP) is 2.95. The molecule has 2 aromatic carbocycles. The second kappa shape index (κ2) is 5.51. The molecule has 0 saturated carbocycles. The smallest absolute Gasteiger partial charge is 0.115 e. The summed E-state index contributed by atoms with van der Waals surface area (Å²) in [7, 11) is 0. The molecule has 0 atom stereocenters. The minimum Gasteiger partial charge on any atom is -0.508 e. The molecule has 0 aromatic heterocycles. The van der Waals surface area contributed by atoms with Crippen LogP contribution in [-0.4, -0.2) is 11.7 Å². The molecule has 0 radical (unpaired) electrons. The third kappa shape index (κ3) is 2.86. The lowest BCUT2D eigenvalue weighted by Crippen LogP contribution is -2.01. The molecule has 0 amide bonds. The van der Waals surface area contributed by atoms with Gasteiger partial charge in [-0.25, -0.2) is 0 Å². The van der Waals surface area contributed by atoms with E-state index >= 15 is 0 Å². The number of rotatable bonds is 4. The Hall–Kier alpha value is -1.80. The fourth-order valence-corrected chi connectivity index (χ4v) is 1.95. The molecule has 0 aliphatic carbocycles. The second-order valence-electron chi connectivity index (χ2n) is 4.10. The van der Waals surface area contributed by atoms with E-state index in [9.17, 15) is 5.11 Å². The van der Waals surface area contributed by atoms with Gasteiger partial charge in [-0.1, -0.05) is 36.4 Å². The minimum absolute atomic E-state index is 0.299. The molecular weight excluding hydrogens is 210 g/mol. The third-order valence-electron chi connectivity index (χ3n) is 2.85.